The van der Waals surface area contributed by atoms with Crippen molar-refractivity contribution in [3.05, 3.63) is 49.4 Å². The zero-order valence-corrected chi connectivity index (χ0v) is 21.8. The number of aliphatic hydroxyl groups excluding tert-OH is 1. The van der Waals surface area contributed by atoms with Crippen LogP contribution in [0, 0.1) is 0 Å². The minimum Gasteiger partial charge on any atom is -0.412 e. The normalized spacial score (nSPS) is 13.8. The number of alkyl halides is 1. The van der Waals surface area contributed by atoms with E-state index in [0.717, 1.165) is 26.9 Å². The molecule has 27 heavy (non-hydrogen) atoms. The summed E-state index contributed by atoms with van der Waals surface area (Å²) < 4.78 is 7.81. The summed E-state index contributed by atoms with van der Waals surface area (Å²) in [5.41, 5.74) is 2.46. The Morgan fingerprint density at radius 1 is 1.26 bits per heavy atom. The number of hydrogen-bond donors (Lipinski definition) is 1. The van der Waals surface area contributed by atoms with Crippen molar-refractivity contribution < 1.29 is 9.53 Å². The lowest BCUT2D eigenvalue weighted by Gasteiger charge is -2.36. The van der Waals surface area contributed by atoms with Crippen molar-refractivity contribution in [1.29, 1.82) is 0 Å². The van der Waals surface area contributed by atoms with Crippen molar-refractivity contribution in [2.75, 3.05) is 4.43 Å². The molecule has 2 heterocycles. The van der Waals surface area contributed by atoms with Crippen molar-refractivity contribution in [3.63, 3.8) is 0 Å². The second kappa shape index (κ2) is 9.41. The van der Waals surface area contributed by atoms with Gasteiger partial charge < -0.3 is 9.53 Å². The molecule has 0 aliphatic heterocycles. The molecule has 2 aromatic heterocycles. The highest BCUT2D eigenvalue weighted by Gasteiger charge is 2.37. The fraction of sp³-hybridized carbons (Fsp3) is 0.526. The van der Waals surface area contributed by atoms with Crippen LogP contribution in [-0.4, -0.2) is 22.8 Å². The standard InChI is InChI=1S/C19H26Cl2INO2SSi/c1-19(2,3)27(4,5)25-11-13-8-15(18(21)26-13)17(24)14-9-16(20)23-10-12(14)6-7-22/h8-10,17,24H,6-7,11H2,1-5H3. The molecule has 0 amide bonds. The lowest BCUT2D eigenvalue weighted by Crippen LogP contribution is -2.40. The SMILES string of the molecule is CC(C)(C)[Si](C)(C)OCc1cc(C(O)c2cc(Cl)ncc2CCI)c(Cl)s1. The van der Waals surface area contributed by atoms with E-state index in [2.05, 4.69) is 61.4 Å². The van der Waals surface area contributed by atoms with E-state index in [-0.39, 0.29) is 5.04 Å². The molecule has 0 aliphatic rings. The van der Waals surface area contributed by atoms with Crippen molar-refractivity contribution in [2.45, 2.75) is 58.0 Å². The van der Waals surface area contributed by atoms with Crippen molar-refractivity contribution in [2.24, 2.45) is 0 Å². The number of aliphatic hydroxyl groups is 1. The maximum absolute atomic E-state index is 11.0. The third kappa shape index (κ3) is 5.90. The Kier molecular flexibility index (Phi) is 8.21. The third-order valence-corrected chi connectivity index (χ3v) is 11.7. The molecule has 1 N–H and O–H groups in total. The van der Waals surface area contributed by atoms with Crippen LogP contribution >= 0.6 is 57.1 Å². The van der Waals surface area contributed by atoms with E-state index in [9.17, 15) is 5.11 Å². The molecule has 150 valence electrons. The number of nitrogens with zero attached hydrogens (tertiary/aromatic N) is 1. The summed E-state index contributed by atoms with van der Waals surface area (Å²) in [6.07, 6.45) is 1.73. The summed E-state index contributed by atoms with van der Waals surface area (Å²) in [6.45, 7) is 11.6. The van der Waals surface area contributed by atoms with E-state index in [1.165, 1.54) is 11.3 Å². The number of pyridine rings is 1. The summed E-state index contributed by atoms with van der Waals surface area (Å²) in [5.74, 6) is 0. The van der Waals surface area contributed by atoms with Gasteiger partial charge in [-0.1, -0.05) is 66.6 Å². The molecule has 0 saturated heterocycles. The van der Waals surface area contributed by atoms with Crippen molar-refractivity contribution >= 4 is 65.4 Å². The van der Waals surface area contributed by atoms with E-state index >= 15 is 0 Å². The van der Waals surface area contributed by atoms with Gasteiger partial charge in [-0.3, -0.25) is 0 Å². The largest absolute Gasteiger partial charge is 0.412 e. The van der Waals surface area contributed by atoms with Gasteiger partial charge in [0.25, 0.3) is 0 Å². The smallest absolute Gasteiger partial charge is 0.192 e. The van der Waals surface area contributed by atoms with Gasteiger partial charge in [-0.25, -0.2) is 4.98 Å². The molecule has 0 radical (unpaired) electrons. The quantitative estimate of drug-likeness (QED) is 0.172. The lowest BCUT2D eigenvalue weighted by atomic mass is 9.99. The molecule has 1 atom stereocenters. The molecule has 0 spiro atoms. The van der Waals surface area contributed by atoms with Gasteiger partial charge in [-0.05, 0) is 47.8 Å². The number of aryl methyl sites for hydroxylation is 1. The minimum atomic E-state index is -1.84. The molecule has 0 aromatic carbocycles. The number of aromatic nitrogens is 1. The molecule has 0 fully saturated rings. The number of hydrogen-bond acceptors (Lipinski definition) is 4. The second-order valence-corrected chi connectivity index (χ2v) is 16.1. The first-order valence-corrected chi connectivity index (χ1v) is 14.8. The van der Waals surface area contributed by atoms with Crippen molar-refractivity contribution in [1.82, 2.24) is 4.98 Å². The summed E-state index contributed by atoms with van der Waals surface area (Å²) in [5, 5.41) is 11.5. The summed E-state index contributed by atoms with van der Waals surface area (Å²) in [4.78, 5) is 5.17. The van der Waals surface area contributed by atoms with Gasteiger partial charge in [0.15, 0.2) is 8.32 Å². The Hall–Kier alpha value is 0.297. The van der Waals surface area contributed by atoms with Gasteiger partial charge in [0.05, 0.1) is 10.9 Å². The highest BCUT2D eigenvalue weighted by Crippen LogP contribution is 2.40. The highest BCUT2D eigenvalue weighted by atomic mass is 127. The van der Waals surface area contributed by atoms with Crippen molar-refractivity contribution in [3.8, 4) is 0 Å². The Morgan fingerprint density at radius 3 is 2.52 bits per heavy atom. The average Bonchev–Trinajstić information content (AvgIpc) is 2.94. The zero-order valence-electron chi connectivity index (χ0n) is 16.3. The van der Waals surface area contributed by atoms with E-state index in [1.54, 1.807) is 12.3 Å². The minimum absolute atomic E-state index is 0.151. The van der Waals surface area contributed by atoms with Crippen LogP contribution in [0.4, 0.5) is 0 Å². The van der Waals surface area contributed by atoms with E-state index < -0.39 is 14.4 Å². The highest BCUT2D eigenvalue weighted by molar-refractivity contribution is 14.1. The molecule has 3 nitrogen and oxygen atoms in total. The van der Waals surface area contributed by atoms with Crippen LogP contribution in [0.25, 0.3) is 0 Å². The molecule has 0 saturated carbocycles. The van der Waals surface area contributed by atoms with E-state index in [4.69, 9.17) is 27.6 Å². The van der Waals surface area contributed by atoms with Crippen LogP contribution in [0.1, 0.15) is 48.4 Å². The van der Waals surface area contributed by atoms with Gasteiger partial charge in [-0.2, -0.15) is 0 Å². The van der Waals surface area contributed by atoms with Crippen LogP contribution in [0.15, 0.2) is 18.3 Å². The van der Waals surface area contributed by atoms with Gasteiger partial charge in [0.2, 0.25) is 0 Å². The molecule has 2 rings (SSSR count). The zero-order chi connectivity index (χ0) is 20.4. The van der Waals surface area contributed by atoms with Crippen LogP contribution < -0.4 is 0 Å². The maximum atomic E-state index is 11.0. The fourth-order valence-electron chi connectivity index (χ4n) is 2.36. The monoisotopic (exact) mass is 557 g/mol. The average molecular weight is 558 g/mol. The first-order valence-electron chi connectivity index (χ1n) is 8.76. The Bertz CT molecular complexity index is 793. The van der Waals surface area contributed by atoms with Crippen LogP contribution in [0.3, 0.4) is 0 Å². The molecule has 1 unspecified atom stereocenters. The van der Waals surface area contributed by atoms with Gasteiger partial charge >= 0.3 is 0 Å². The molecule has 0 bridgehead atoms. The number of halogens is 3. The Balaban J connectivity index is 2.25. The Morgan fingerprint density at radius 2 is 1.93 bits per heavy atom. The van der Waals surface area contributed by atoms with Crippen LogP contribution in [0.5, 0.6) is 0 Å². The van der Waals surface area contributed by atoms with Crippen LogP contribution in [-0.2, 0) is 17.5 Å². The maximum Gasteiger partial charge on any atom is 0.192 e. The van der Waals surface area contributed by atoms with E-state index in [0.29, 0.717) is 21.7 Å². The summed E-state index contributed by atoms with van der Waals surface area (Å²) in [7, 11) is -1.84. The molecule has 2 aromatic rings. The topological polar surface area (TPSA) is 42.4 Å². The van der Waals surface area contributed by atoms with Crippen LogP contribution in [0.2, 0.25) is 27.6 Å². The Labute approximate surface area is 190 Å². The van der Waals surface area contributed by atoms with Gasteiger partial charge in [0.1, 0.15) is 11.3 Å². The van der Waals surface area contributed by atoms with E-state index in [1.807, 2.05) is 6.07 Å². The molecule has 8 heteroatoms. The fourth-order valence-corrected chi connectivity index (χ4v) is 5.44. The summed E-state index contributed by atoms with van der Waals surface area (Å²) in [6, 6.07) is 3.68. The molecule has 0 aliphatic carbocycles. The van der Waals surface area contributed by atoms with Gasteiger partial charge in [0, 0.05) is 21.1 Å². The molecular formula is C19H26Cl2INO2SSi. The third-order valence-electron chi connectivity index (χ3n) is 5.09. The number of rotatable bonds is 7. The second-order valence-electron chi connectivity index (χ2n) is 8.04. The number of thiophene rings is 1. The first kappa shape index (κ1) is 23.6. The summed E-state index contributed by atoms with van der Waals surface area (Å²) >= 11 is 16.3. The predicted octanol–water partition coefficient (Wildman–Crippen LogP) is 7.03. The van der Waals surface area contributed by atoms with Gasteiger partial charge in [-0.15, -0.1) is 11.3 Å². The molecular weight excluding hydrogens is 532 g/mol. The first-order chi connectivity index (χ1) is 12.5. The lowest BCUT2D eigenvalue weighted by molar-refractivity contribution is 0.219. The predicted molar refractivity (Wildman–Crippen MR) is 127 cm³/mol.